The predicted molar refractivity (Wildman–Crippen MR) is 115 cm³/mol. The number of hydrogen-bond donors (Lipinski definition) is 1. The summed E-state index contributed by atoms with van der Waals surface area (Å²) in [4.78, 5) is 24.9. The van der Waals surface area contributed by atoms with Crippen LogP contribution in [0.2, 0.25) is 5.02 Å². The molecule has 1 aromatic carbocycles. The third-order valence-electron chi connectivity index (χ3n) is 4.89. The van der Waals surface area contributed by atoms with Gasteiger partial charge in [-0.05, 0) is 44.7 Å². The zero-order valence-electron chi connectivity index (χ0n) is 17.6. The SMILES string of the molecule is CCCOc1c(Cl)cc(C(=O)NCCCn2nc3n(c2=O)CCCC3)cc1OCC. The minimum Gasteiger partial charge on any atom is -0.490 e. The second-order valence-electron chi connectivity index (χ2n) is 7.21. The van der Waals surface area contributed by atoms with Crippen LogP contribution in [0.1, 0.15) is 55.7 Å². The number of aromatic nitrogens is 3. The Hall–Kier alpha value is -2.48. The molecule has 0 bridgehead atoms. The molecule has 0 saturated carbocycles. The lowest BCUT2D eigenvalue weighted by molar-refractivity contribution is 0.0952. The number of halogens is 1. The molecule has 3 rings (SSSR count). The van der Waals surface area contributed by atoms with Gasteiger partial charge in [0.2, 0.25) is 0 Å². The number of nitrogens with zero attached hydrogens (tertiary/aromatic N) is 3. The van der Waals surface area contributed by atoms with Gasteiger partial charge in [-0.2, -0.15) is 5.10 Å². The Labute approximate surface area is 181 Å². The second kappa shape index (κ2) is 10.5. The summed E-state index contributed by atoms with van der Waals surface area (Å²) in [5, 5.41) is 7.62. The Balaban J connectivity index is 1.58. The Morgan fingerprint density at radius 1 is 1.27 bits per heavy atom. The van der Waals surface area contributed by atoms with Crippen molar-refractivity contribution in [3.05, 3.63) is 39.0 Å². The van der Waals surface area contributed by atoms with Crippen molar-refractivity contribution >= 4 is 17.5 Å². The molecule has 8 nitrogen and oxygen atoms in total. The molecular formula is C21H29ClN4O4. The smallest absolute Gasteiger partial charge is 0.345 e. The van der Waals surface area contributed by atoms with E-state index in [0.29, 0.717) is 54.8 Å². The normalized spacial score (nSPS) is 13.0. The summed E-state index contributed by atoms with van der Waals surface area (Å²) in [5.41, 5.74) is 0.341. The number of nitrogens with one attached hydrogen (secondary N) is 1. The zero-order valence-corrected chi connectivity index (χ0v) is 18.3. The van der Waals surface area contributed by atoms with Crippen LogP contribution in [0, 0.1) is 0 Å². The Bertz CT molecular complexity index is 938. The minimum absolute atomic E-state index is 0.0631. The molecule has 0 fully saturated rings. The van der Waals surface area contributed by atoms with Gasteiger partial charge in [0, 0.05) is 31.6 Å². The molecule has 1 aliphatic rings. The van der Waals surface area contributed by atoms with E-state index in [-0.39, 0.29) is 11.6 Å². The van der Waals surface area contributed by atoms with Crippen LogP contribution in [-0.2, 0) is 19.5 Å². The summed E-state index contributed by atoms with van der Waals surface area (Å²) in [6, 6.07) is 3.22. The van der Waals surface area contributed by atoms with E-state index in [9.17, 15) is 9.59 Å². The van der Waals surface area contributed by atoms with Gasteiger partial charge in [0.25, 0.3) is 5.91 Å². The first-order valence-corrected chi connectivity index (χ1v) is 11.0. The van der Waals surface area contributed by atoms with Crippen LogP contribution in [0.15, 0.2) is 16.9 Å². The largest absolute Gasteiger partial charge is 0.490 e. The summed E-state index contributed by atoms with van der Waals surface area (Å²) >= 11 is 6.32. The standard InChI is InChI=1S/C21H29ClN4O4/c1-3-12-30-19-16(22)13-15(14-17(19)29-4-2)20(27)23-9-7-11-26-21(28)25-10-6-5-8-18(25)24-26/h13-14H,3-12H2,1-2H3,(H,23,27). The highest BCUT2D eigenvalue weighted by molar-refractivity contribution is 6.32. The quantitative estimate of drug-likeness (QED) is 0.578. The van der Waals surface area contributed by atoms with E-state index in [1.165, 1.54) is 4.68 Å². The molecule has 164 valence electrons. The van der Waals surface area contributed by atoms with E-state index in [1.54, 1.807) is 16.7 Å². The Morgan fingerprint density at radius 3 is 2.83 bits per heavy atom. The van der Waals surface area contributed by atoms with E-state index in [4.69, 9.17) is 21.1 Å². The van der Waals surface area contributed by atoms with Crippen molar-refractivity contribution < 1.29 is 14.3 Å². The molecule has 0 spiro atoms. The molecular weight excluding hydrogens is 408 g/mol. The van der Waals surface area contributed by atoms with Crippen LogP contribution in [0.25, 0.3) is 0 Å². The molecule has 0 radical (unpaired) electrons. The van der Waals surface area contributed by atoms with Gasteiger partial charge in [0.1, 0.15) is 5.82 Å². The topological polar surface area (TPSA) is 87.4 Å². The molecule has 1 aliphatic heterocycles. The van der Waals surface area contributed by atoms with Gasteiger partial charge in [-0.1, -0.05) is 18.5 Å². The molecule has 0 aliphatic carbocycles. The molecule has 2 aromatic rings. The summed E-state index contributed by atoms with van der Waals surface area (Å²) < 4.78 is 14.5. The first kappa shape index (κ1) is 22.2. The fourth-order valence-corrected chi connectivity index (χ4v) is 3.70. The Morgan fingerprint density at radius 2 is 2.10 bits per heavy atom. The summed E-state index contributed by atoms with van der Waals surface area (Å²) in [7, 11) is 0. The molecule has 1 aromatic heterocycles. The van der Waals surface area contributed by atoms with E-state index < -0.39 is 0 Å². The molecule has 0 saturated heterocycles. The van der Waals surface area contributed by atoms with Gasteiger partial charge >= 0.3 is 5.69 Å². The van der Waals surface area contributed by atoms with Crippen LogP contribution in [0.5, 0.6) is 11.5 Å². The van der Waals surface area contributed by atoms with Crippen molar-refractivity contribution in [2.45, 2.75) is 59.0 Å². The number of hydrogen-bond acceptors (Lipinski definition) is 5. The fraction of sp³-hybridized carbons (Fsp3) is 0.571. The predicted octanol–water partition coefficient (Wildman–Crippen LogP) is 3.04. The third kappa shape index (κ3) is 5.16. The van der Waals surface area contributed by atoms with Crippen LogP contribution in [0.3, 0.4) is 0 Å². The summed E-state index contributed by atoms with van der Waals surface area (Å²) in [6.07, 6.45) is 4.38. The lowest BCUT2D eigenvalue weighted by Crippen LogP contribution is -2.29. The highest BCUT2D eigenvalue weighted by Gasteiger charge is 2.18. The maximum Gasteiger partial charge on any atom is 0.345 e. The number of ether oxygens (including phenoxy) is 2. The monoisotopic (exact) mass is 436 g/mol. The molecule has 9 heteroatoms. The molecule has 2 heterocycles. The van der Waals surface area contributed by atoms with Gasteiger partial charge in [0.05, 0.1) is 18.2 Å². The van der Waals surface area contributed by atoms with Crippen LogP contribution >= 0.6 is 11.6 Å². The van der Waals surface area contributed by atoms with Crippen molar-refractivity contribution in [2.75, 3.05) is 19.8 Å². The van der Waals surface area contributed by atoms with E-state index in [2.05, 4.69) is 10.4 Å². The average Bonchev–Trinajstić information content (AvgIpc) is 3.06. The average molecular weight is 437 g/mol. The number of fused-ring (bicyclic) bond motifs is 1. The van der Waals surface area contributed by atoms with E-state index in [1.807, 2.05) is 13.8 Å². The highest BCUT2D eigenvalue weighted by atomic mass is 35.5. The van der Waals surface area contributed by atoms with Gasteiger partial charge in [0.15, 0.2) is 11.5 Å². The van der Waals surface area contributed by atoms with Gasteiger partial charge in [-0.3, -0.25) is 9.36 Å². The number of benzene rings is 1. The zero-order chi connectivity index (χ0) is 21.5. The van der Waals surface area contributed by atoms with Crippen molar-refractivity contribution in [3.63, 3.8) is 0 Å². The molecule has 1 amide bonds. The second-order valence-corrected chi connectivity index (χ2v) is 7.61. The fourth-order valence-electron chi connectivity index (χ4n) is 3.43. The van der Waals surface area contributed by atoms with Gasteiger partial charge < -0.3 is 14.8 Å². The summed E-state index contributed by atoms with van der Waals surface area (Å²) in [5.74, 6) is 1.52. The number of carbonyl (C=O) groups is 1. The number of rotatable bonds is 10. The molecule has 0 unspecified atom stereocenters. The minimum atomic E-state index is -0.253. The van der Waals surface area contributed by atoms with Crippen LogP contribution in [0.4, 0.5) is 0 Å². The molecule has 1 N–H and O–H groups in total. The van der Waals surface area contributed by atoms with Crippen molar-refractivity contribution in [3.8, 4) is 11.5 Å². The maximum absolute atomic E-state index is 12.6. The molecule has 0 atom stereocenters. The van der Waals surface area contributed by atoms with E-state index >= 15 is 0 Å². The van der Waals surface area contributed by atoms with Gasteiger partial charge in [-0.15, -0.1) is 0 Å². The lowest BCUT2D eigenvalue weighted by atomic mass is 10.2. The van der Waals surface area contributed by atoms with Crippen molar-refractivity contribution in [2.24, 2.45) is 0 Å². The van der Waals surface area contributed by atoms with Gasteiger partial charge in [-0.25, -0.2) is 9.48 Å². The van der Waals surface area contributed by atoms with Crippen LogP contribution < -0.4 is 20.5 Å². The third-order valence-corrected chi connectivity index (χ3v) is 5.17. The lowest BCUT2D eigenvalue weighted by Gasteiger charge is -2.15. The Kier molecular flexibility index (Phi) is 7.79. The van der Waals surface area contributed by atoms with Crippen LogP contribution in [-0.4, -0.2) is 40.0 Å². The number of aryl methyl sites for hydroxylation is 2. The van der Waals surface area contributed by atoms with E-state index in [0.717, 1.165) is 38.1 Å². The van der Waals surface area contributed by atoms with Crippen molar-refractivity contribution in [1.29, 1.82) is 0 Å². The first-order valence-electron chi connectivity index (χ1n) is 10.6. The number of amides is 1. The first-order chi connectivity index (χ1) is 14.5. The van der Waals surface area contributed by atoms with Crippen molar-refractivity contribution in [1.82, 2.24) is 19.7 Å². The highest BCUT2D eigenvalue weighted by Crippen LogP contribution is 2.36. The number of carbonyl (C=O) groups excluding carboxylic acids is 1. The summed E-state index contributed by atoms with van der Waals surface area (Å²) in [6.45, 7) is 6.45. The molecule has 30 heavy (non-hydrogen) atoms. The maximum atomic E-state index is 12.6.